The van der Waals surface area contributed by atoms with Gasteiger partial charge in [-0.1, -0.05) is 17.7 Å². The van der Waals surface area contributed by atoms with Crippen LogP contribution in [0.15, 0.2) is 29.2 Å². The molecule has 0 aliphatic heterocycles. The summed E-state index contributed by atoms with van der Waals surface area (Å²) in [5.74, 6) is -2.01. The number of halogens is 3. The number of nitrogens with two attached hydrogens (primary N) is 1. The average Bonchev–Trinajstić information content (AvgIpc) is 2.28. The van der Waals surface area contributed by atoms with Crippen LogP contribution < -0.4 is 5.73 Å². The molecule has 0 aliphatic rings. The highest BCUT2D eigenvalue weighted by Crippen LogP contribution is 2.26. The summed E-state index contributed by atoms with van der Waals surface area (Å²) in [5, 5.41) is 0. The van der Waals surface area contributed by atoms with Crippen LogP contribution in [0.2, 0.25) is 0 Å². The van der Waals surface area contributed by atoms with Crippen LogP contribution in [0, 0.1) is 12.8 Å². The normalized spacial score (nSPS) is 14.4. The molecule has 0 saturated heterocycles. The molecule has 0 fully saturated rings. The van der Waals surface area contributed by atoms with Crippen molar-refractivity contribution in [3.05, 3.63) is 29.8 Å². The lowest BCUT2D eigenvalue weighted by Crippen LogP contribution is -2.34. The Bertz CT molecular complexity index is 511. The summed E-state index contributed by atoms with van der Waals surface area (Å²) in [7, 11) is -4.20. The Balaban J connectivity index is 2.78. The second kappa shape index (κ2) is 5.89. The summed E-state index contributed by atoms with van der Waals surface area (Å²) in [6, 6.07) is 5.60. The molecule has 8 heteroatoms. The lowest BCUT2D eigenvalue weighted by atomic mass is 10.1. The minimum Gasteiger partial charge on any atom is -0.330 e. The van der Waals surface area contributed by atoms with Gasteiger partial charge in [0.1, 0.15) is 0 Å². The minimum absolute atomic E-state index is 0.184. The molecule has 0 saturated carbocycles. The van der Waals surface area contributed by atoms with Gasteiger partial charge in [0, 0.05) is 6.54 Å². The summed E-state index contributed by atoms with van der Waals surface area (Å²) in [6.45, 7) is 0.00842. The van der Waals surface area contributed by atoms with Crippen molar-refractivity contribution in [1.82, 2.24) is 0 Å². The van der Waals surface area contributed by atoms with E-state index in [-0.39, 0.29) is 4.90 Å². The SMILES string of the molecule is Cc1ccc(S(=O)(=O)OC[C@@H](CN)C(F)(F)F)cc1. The lowest BCUT2D eigenvalue weighted by molar-refractivity contribution is -0.178. The molecule has 0 amide bonds. The van der Waals surface area contributed by atoms with Gasteiger partial charge in [-0.15, -0.1) is 0 Å². The molecule has 19 heavy (non-hydrogen) atoms. The monoisotopic (exact) mass is 297 g/mol. The van der Waals surface area contributed by atoms with Crippen molar-refractivity contribution in [1.29, 1.82) is 0 Å². The Labute approximate surface area is 109 Å². The zero-order valence-corrected chi connectivity index (χ0v) is 11.0. The number of aryl methyl sites for hydroxylation is 1. The highest BCUT2D eigenvalue weighted by molar-refractivity contribution is 7.86. The van der Waals surface area contributed by atoms with Gasteiger partial charge in [-0.3, -0.25) is 4.18 Å². The molecular formula is C11H14F3NO3S. The van der Waals surface area contributed by atoms with Gasteiger partial charge in [0.2, 0.25) is 0 Å². The van der Waals surface area contributed by atoms with E-state index >= 15 is 0 Å². The van der Waals surface area contributed by atoms with Crippen LogP contribution in [-0.4, -0.2) is 27.7 Å². The highest BCUT2D eigenvalue weighted by Gasteiger charge is 2.39. The van der Waals surface area contributed by atoms with Gasteiger partial charge in [0.15, 0.2) is 0 Å². The third kappa shape index (κ3) is 4.48. The van der Waals surface area contributed by atoms with Crippen molar-refractivity contribution >= 4 is 10.1 Å². The standard InChI is InChI=1S/C11H14F3NO3S/c1-8-2-4-10(5-3-8)19(16,17)18-7-9(6-15)11(12,13)14/h2-5,9H,6-7,15H2,1H3/t9-/m1/s1. The average molecular weight is 297 g/mol. The topological polar surface area (TPSA) is 69.4 Å². The molecule has 1 aromatic carbocycles. The van der Waals surface area contributed by atoms with Crippen molar-refractivity contribution in [3.63, 3.8) is 0 Å². The maximum Gasteiger partial charge on any atom is 0.395 e. The van der Waals surface area contributed by atoms with Crippen molar-refractivity contribution in [2.24, 2.45) is 11.7 Å². The van der Waals surface area contributed by atoms with Crippen molar-refractivity contribution in [2.45, 2.75) is 18.0 Å². The third-order valence-corrected chi connectivity index (χ3v) is 3.78. The van der Waals surface area contributed by atoms with Crippen LogP contribution in [0.25, 0.3) is 0 Å². The van der Waals surface area contributed by atoms with Gasteiger partial charge in [-0.2, -0.15) is 21.6 Å². The second-order valence-corrected chi connectivity index (χ2v) is 5.64. The summed E-state index contributed by atoms with van der Waals surface area (Å²) in [4.78, 5) is -0.184. The van der Waals surface area contributed by atoms with E-state index in [9.17, 15) is 21.6 Å². The second-order valence-electron chi connectivity index (χ2n) is 4.03. The maximum absolute atomic E-state index is 12.4. The van der Waals surface area contributed by atoms with E-state index in [2.05, 4.69) is 4.18 Å². The van der Waals surface area contributed by atoms with Crippen LogP contribution in [0.5, 0.6) is 0 Å². The predicted octanol–water partition coefficient (Wildman–Crippen LogP) is 1.84. The van der Waals surface area contributed by atoms with Crippen LogP contribution in [0.1, 0.15) is 5.56 Å². The van der Waals surface area contributed by atoms with E-state index in [1.165, 1.54) is 24.3 Å². The van der Waals surface area contributed by atoms with Gasteiger partial charge in [-0.25, -0.2) is 0 Å². The highest BCUT2D eigenvalue weighted by atomic mass is 32.2. The molecule has 0 bridgehead atoms. The van der Waals surface area contributed by atoms with E-state index in [0.29, 0.717) is 0 Å². The molecule has 2 N–H and O–H groups in total. The molecule has 4 nitrogen and oxygen atoms in total. The first-order valence-corrected chi connectivity index (χ1v) is 6.80. The van der Waals surface area contributed by atoms with Gasteiger partial charge in [0.25, 0.3) is 10.1 Å². The molecule has 1 rings (SSSR count). The molecule has 1 aromatic rings. The third-order valence-electron chi connectivity index (χ3n) is 2.48. The largest absolute Gasteiger partial charge is 0.395 e. The molecule has 0 aromatic heterocycles. The van der Waals surface area contributed by atoms with Crippen molar-refractivity contribution in [2.75, 3.05) is 13.2 Å². The zero-order valence-electron chi connectivity index (χ0n) is 10.1. The van der Waals surface area contributed by atoms with E-state index in [0.717, 1.165) is 5.56 Å². The molecule has 0 unspecified atom stereocenters. The van der Waals surface area contributed by atoms with Crippen LogP contribution in [0.3, 0.4) is 0 Å². The minimum atomic E-state index is -4.59. The summed E-state index contributed by atoms with van der Waals surface area (Å²) < 4.78 is 64.9. The van der Waals surface area contributed by atoms with Crippen LogP contribution >= 0.6 is 0 Å². The van der Waals surface area contributed by atoms with E-state index in [1.54, 1.807) is 6.92 Å². The Morgan fingerprint density at radius 1 is 1.26 bits per heavy atom. The lowest BCUT2D eigenvalue weighted by Gasteiger charge is -2.18. The first-order chi connectivity index (χ1) is 8.66. The fourth-order valence-electron chi connectivity index (χ4n) is 1.24. The Morgan fingerprint density at radius 3 is 2.21 bits per heavy atom. The van der Waals surface area contributed by atoms with Crippen LogP contribution in [0.4, 0.5) is 13.2 Å². The first kappa shape index (κ1) is 15.9. The molecule has 0 spiro atoms. The summed E-state index contributed by atoms with van der Waals surface area (Å²) in [6.07, 6.45) is -4.59. The van der Waals surface area contributed by atoms with Gasteiger partial charge in [0.05, 0.1) is 17.4 Å². The van der Waals surface area contributed by atoms with Crippen molar-refractivity contribution in [3.8, 4) is 0 Å². The first-order valence-electron chi connectivity index (χ1n) is 5.39. The zero-order chi connectivity index (χ0) is 14.7. The van der Waals surface area contributed by atoms with Gasteiger partial charge < -0.3 is 5.73 Å². The smallest absolute Gasteiger partial charge is 0.330 e. The molecular weight excluding hydrogens is 283 g/mol. The maximum atomic E-state index is 12.4. The fourth-order valence-corrected chi connectivity index (χ4v) is 2.19. The van der Waals surface area contributed by atoms with Gasteiger partial charge >= 0.3 is 6.18 Å². The number of benzene rings is 1. The van der Waals surface area contributed by atoms with Crippen LogP contribution in [-0.2, 0) is 14.3 Å². The molecule has 108 valence electrons. The number of alkyl halides is 3. The summed E-state index contributed by atoms with van der Waals surface area (Å²) >= 11 is 0. The summed E-state index contributed by atoms with van der Waals surface area (Å²) in [5.41, 5.74) is 5.78. The number of rotatable bonds is 5. The molecule has 0 aliphatic carbocycles. The van der Waals surface area contributed by atoms with Gasteiger partial charge in [-0.05, 0) is 19.1 Å². The Morgan fingerprint density at radius 2 is 1.79 bits per heavy atom. The number of hydrogen-bond donors (Lipinski definition) is 1. The quantitative estimate of drug-likeness (QED) is 0.842. The fraction of sp³-hybridized carbons (Fsp3) is 0.455. The van der Waals surface area contributed by atoms with E-state index in [4.69, 9.17) is 5.73 Å². The number of hydrogen-bond acceptors (Lipinski definition) is 4. The molecule has 1 atom stereocenters. The Hall–Kier alpha value is -1.12. The Kier molecular flexibility index (Phi) is 4.94. The van der Waals surface area contributed by atoms with E-state index < -0.39 is 35.4 Å². The predicted molar refractivity (Wildman–Crippen MR) is 62.9 cm³/mol. The van der Waals surface area contributed by atoms with E-state index in [1.807, 2.05) is 0 Å². The molecule has 0 heterocycles. The van der Waals surface area contributed by atoms with Crippen molar-refractivity contribution < 1.29 is 25.8 Å². The molecule has 0 radical (unpaired) electrons.